The van der Waals surface area contributed by atoms with E-state index < -0.39 is 0 Å². The number of ether oxygens (including phenoxy) is 2. The van der Waals surface area contributed by atoms with Crippen LogP contribution in [0.1, 0.15) is 24.0 Å². The molecular formula is C15H18BrClO2. The molecule has 2 heterocycles. The molecule has 0 bridgehead atoms. The van der Waals surface area contributed by atoms with Gasteiger partial charge in [-0.15, -0.1) is 0 Å². The largest absolute Gasteiger partial charge is 0.493 e. The van der Waals surface area contributed by atoms with Crippen molar-refractivity contribution in [1.29, 1.82) is 0 Å². The Morgan fingerprint density at radius 3 is 2.74 bits per heavy atom. The fraction of sp³-hybridized carbons (Fsp3) is 0.600. The van der Waals surface area contributed by atoms with Crippen molar-refractivity contribution in [2.45, 2.75) is 25.7 Å². The molecule has 104 valence electrons. The van der Waals surface area contributed by atoms with Crippen LogP contribution in [0.4, 0.5) is 0 Å². The molecule has 3 rings (SSSR count). The highest BCUT2D eigenvalue weighted by Crippen LogP contribution is 2.41. The molecule has 1 aromatic rings. The highest BCUT2D eigenvalue weighted by molar-refractivity contribution is 9.09. The molecule has 0 radical (unpaired) electrons. The summed E-state index contributed by atoms with van der Waals surface area (Å²) in [5, 5.41) is 1.83. The van der Waals surface area contributed by atoms with E-state index in [1.165, 1.54) is 11.1 Å². The van der Waals surface area contributed by atoms with Crippen molar-refractivity contribution >= 4 is 27.5 Å². The van der Waals surface area contributed by atoms with Gasteiger partial charge in [-0.3, -0.25) is 0 Å². The quantitative estimate of drug-likeness (QED) is 0.771. The summed E-state index contributed by atoms with van der Waals surface area (Å²) in [6.07, 6.45) is 4.19. The highest BCUT2D eigenvalue weighted by Gasteiger charge is 2.33. The summed E-state index contributed by atoms with van der Waals surface area (Å²) in [6.45, 7) is 2.50. The van der Waals surface area contributed by atoms with Gasteiger partial charge in [-0.05, 0) is 47.9 Å². The standard InChI is InChI=1S/C15H18BrClO2/c16-10-15(2-5-18-6-3-15)9-12-8-13(17)7-11-1-4-19-14(11)12/h7-8H,1-6,9-10H2. The van der Waals surface area contributed by atoms with Crippen LogP contribution in [0.2, 0.25) is 5.02 Å². The van der Waals surface area contributed by atoms with E-state index in [0.29, 0.717) is 0 Å². The minimum Gasteiger partial charge on any atom is -0.493 e. The number of alkyl halides is 1. The molecule has 0 unspecified atom stereocenters. The van der Waals surface area contributed by atoms with Crippen molar-refractivity contribution in [3.63, 3.8) is 0 Å². The minimum atomic E-state index is 0.280. The van der Waals surface area contributed by atoms with Crippen molar-refractivity contribution in [3.05, 3.63) is 28.3 Å². The van der Waals surface area contributed by atoms with Gasteiger partial charge in [0.1, 0.15) is 5.75 Å². The van der Waals surface area contributed by atoms with E-state index >= 15 is 0 Å². The van der Waals surface area contributed by atoms with Crippen molar-refractivity contribution < 1.29 is 9.47 Å². The Bertz CT molecular complexity index is 469. The molecular weight excluding hydrogens is 328 g/mol. The summed E-state index contributed by atoms with van der Waals surface area (Å²) in [5.41, 5.74) is 2.81. The third kappa shape index (κ3) is 2.79. The molecule has 1 saturated heterocycles. The van der Waals surface area contributed by atoms with Crippen LogP contribution in [0, 0.1) is 5.41 Å². The van der Waals surface area contributed by atoms with Gasteiger partial charge in [0.2, 0.25) is 0 Å². The van der Waals surface area contributed by atoms with Gasteiger partial charge >= 0.3 is 0 Å². The summed E-state index contributed by atoms with van der Waals surface area (Å²) in [7, 11) is 0. The van der Waals surface area contributed by atoms with Crippen LogP contribution in [-0.4, -0.2) is 25.2 Å². The molecule has 19 heavy (non-hydrogen) atoms. The lowest BCUT2D eigenvalue weighted by atomic mass is 9.77. The predicted molar refractivity (Wildman–Crippen MR) is 80.6 cm³/mol. The maximum atomic E-state index is 6.24. The molecule has 1 aromatic carbocycles. The van der Waals surface area contributed by atoms with Crippen LogP contribution in [0.15, 0.2) is 12.1 Å². The van der Waals surface area contributed by atoms with Gasteiger partial charge in [0, 0.05) is 30.0 Å². The Hall–Kier alpha value is -0.250. The zero-order valence-corrected chi connectivity index (χ0v) is 13.2. The normalized spacial score (nSPS) is 20.9. The van der Waals surface area contributed by atoms with E-state index in [0.717, 1.165) is 61.6 Å². The molecule has 0 atom stereocenters. The summed E-state index contributed by atoms with van der Waals surface area (Å²) in [6, 6.07) is 4.11. The van der Waals surface area contributed by atoms with E-state index in [9.17, 15) is 0 Å². The number of rotatable bonds is 3. The van der Waals surface area contributed by atoms with Crippen molar-refractivity contribution in [2.75, 3.05) is 25.2 Å². The molecule has 0 aliphatic carbocycles. The third-order valence-corrected chi connectivity index (χ3v) is 5.64. The van der Waals surface area contributed by atoms with Crippen molar-refractivity contribution in [3.8, 4) is 5.75 Å². The molecule has 4 heteroatoms. The molecule has 0 spiro atoms. The Balaban J connectivity index is 1.90. The molecule has 0 amide bonds. The fourth-order valence-electron chi connectivity index (χ4n) is 3.04. The van der Waals surface area contributed by atoms with Gasteiger partial charge < -0.3 is 9.47 Å². The molecule has 0 N–H and O–H groups in total. The summed E-state index contributed by atoms with van der Waals surface area (Å²) < 4.78 is 11.3. The first-order valence-electron chi connectivity index (χ1n) is 6.80. The zero-order valence-electron chi connectivity index (χ0n) is 10.9. The Kier molecular flexibility index (Phi) is 4.06. The second-order valence-electron chi connectivity index (χ2n) is 5.57. The van der Waals surface area contributed by atoms with Gasteiger partial charge in [0.15, 0.2) is 0 Å². The van der Waals surface area contributed by atoms with E-state index in [-0.39, 0.29) is 5.41 Å². The van der Waals surface area contributed by atoms with E-state index in [2.05, 4.69) is 22.0 Å². The molecule has 0 aromatic heterocycles. The average Bonchev–Trinajstić information content (AvgIpc) is 2.88. The maximum Gasteiger partial charge on any atom is 0.125 e. The number of hydrogen-bond acceptors (Lipinski definition) is 2. The first-order chi connectivity index (χ1) is 9.22. The smallest absolute Gasteiger partial charge is 0.125 e. The summed E-state index contributed by atoms with van der Waals surface area (Å²) in [5.74, 6) is 1.08. The monoisotopic (exact) mass is 344 g/mol. The molecule has 0 saturated carbocycles. The predicted octanol–water partition coefficient (Wildman–Crippen LogP) is 4.01. The minimum absolute atomic E-state index is 0.280. The number of fused-ring (bicyclic) bond motifs is 1. The summed E-state index contributed by atoms with van der Waals surface area (Å²) >= 11 is 9.94. The molecule has 2 aliphatic rings. The summed E-state index contributed by atoms with van der Waals surface area (Å²) in [4.78, 5) is 0. The zero-order chi connectivity index (χ0) is 13.3. The first-order valence-corrected chi connectivity index (χ1v) is 8.30. The van der Waals surface area contributed by atoms with Gasteiger partial charge in [0.05, 0.1) is 6.61 Å². The van der Waals surface area contributed by atoms with Crippen molar-refractivity contribution in [1.82, 2.24) is 0 Å². The number of halogens is 2. The highest BCUT2D eigenvalue weighted by atomic mass is 79.9. The number of hydrogen-bond donors (Lipinski definition) is 0. The second-order valence-corrected chi connectivity index (χ2v) is 6.57. The Morgan fingerprint density at radius 2 is 2.00 bits per heavy atom. The fourth-order valence-corrected chi connectivity index (χ4v) is 4.07. The van der Waals surface area contributed by atoms with Crippen LogP contribution >= 0.6 is 27.5 Å². The van der Waals surface area contributed by atoms with Crippen LogP contribution in [0.5, 0.6) is 5.75 Å². The topological polar surface area (TPSA) is 18.5 Å². The van der Waals surface area contributed by atoms with Crippen LogP contribution in [0.25, 0.3) is 0 Å². The van der Waals surface area contributed by atoms with Gasteiger partial charge in [-0.25, -0.2) is 0 Å². The third-order valence-electron chi connectivity index (χ3n) is 4.23. The lowest BCUT2D eigenvalue weighted by Gasteiger charge is -2.36. The van der Waals surface area contributed by atoms with Gasteiger partial charge in [-0.2, -0.15) is 0 Å². The molecule has 2 aliphatic heterocycles. The van der Waals surface area contributed by atoms with Gasteiger partial charge in [0.25, 0.3) is 0 Å². The van der Waals surface area contributed by atoms with Crippen LogP contribution in [0.3, 0.4) is 0 Å². The number of benzene rings is 1. The van der Waals surface area contributed by atoms with Gasteiger partial charge in [-0.1, -0.05) is 27.5 Å². The van der Waals surface area contributed by atoms with Crippen LogP contribution < -0.4 is 4.74 Å². The van der Waals surface area contributed by atoms with E-state index in [4.69, 9.17) is 21.1 Å². The van der Waals surface area contributed by atoms with E-state index in [1.54, 1.807) is 0 Å². The van der Waals surface area contributed by atoms with E-state index in [1.807, 2.05) is 6.07 Å². The maximum absolute atomic E-state index is 6.24. The van der Waals surface area contributed by atoms with Crippen LogP contribution in [-0.2, 0) is 17.6 Å². The molecule has 1 fully saturated rings. The average molecular weight is 346 g/mol. The lowest BCUT2D eigenvalue weighted by Crippen LogP contribution is -2.33. The van der Waals surface area contributed by atoms with Crippen molar-refractivity contribution in [2.24, 2.45) is 5.41 Å². The Labute approximate surface area is 127 Å². The lowest BCUT2D eigenvalue weighted by molar-refractivity contribution is 0.0267. The SMILES string of the molecule is Clc1cc2c(c(CC3(CBr)CCOCC3)c1)OCC2. The molecule has 2 nitrogen and oxygen atoms in total. The first kappa shape index (κ1) is 13.7. The second kappa shape index (κ2) is 5.63. The Morgan fingerprint density at radius 1 is 1.21 bits per heavy atom.